The summed E-state index contributed by atoms with van der Waals surface area (Å²) >= 11 is 0. The van der Waals surface area contributed by atoms with E-state index in [-0.39, 0.29) is 26.6 Å². The van der Waals surface area contributed by atoms with Gasteiger partial charge in [-0.15, -0.1) is 42.1 Å². The Bertz CT molecular complexity index is 2050. The second kappa shape index (κ2) is 11.7. The molecule has 6 nitrogen and oxygen atoms in total. The number of hydrogen-bond donors (Lipinski definition) is 0. The van der Waals surface area contributed by atoms with Crippen LogP contribution in [0, 0.1) is 25.5 Å². The predicted octanol–water partition coefficient (Wildman–Crippen LogP) is 8.95. The quantitative estimate of drug-likeness (QED) is 0.163. The van der Waals surface area contributed by atoms with Gasteiger partial charge in [0.05, 0.1) is 11.0 Å². The molecule has 6 aromatic rings. The summed E-state index contributed by atoms with van der Waals surface area (Å²) in [6, 6.07) is 42.9. The number of rotatable bonds is 5. The van der Waals surface area contributed by atoms with E-state index in [0.717, 1.165) is 33.8 Å². The Kier molecular flexibility index (Phi) is 7.66. The SMILES string of the molecule is CN1C=CN(c2[c-]c(Oc3[c-]c(N4[CH-]N(C)C(C)(C)c5ccccc54)ccc3)cc(-n3c4ccccc4c4ccccc43)c2)[CH-]1.[Pt+4]. The smallest absolute Gasteiger partial charge is 0.510 e. The number of para-hydroxylation sites is 3. The molecular weight excluding hydrogens is 750 g/mol. The van der Waals surface area contributed by atoms with Gasteiger partial charge in [-0.25, -0.2) is 0 Å². The molecule has 5 aromatic carbocycles. The van der Waals surface area contributed by atoms with Gasteiger partial charge in [-0.2, -0.15) is 19.4 Å². The molecule has 0 unspecified atom stereocenters. The van der Waals surface area contributed by atoms with Crippen molar-refractivity contribution in [1.82, 2.24) is 14.4 Å². The molecule has 1 aromatic heterocycles. The predicted molar refractivity (Wildman–Crippen MR) is 182 cm³/mol. The third-order valence-electron chi connectivity index (χ3n) is 8.93. The molecule has 2 aliphatic rings. The van der Waals surface area contributed by atoms with Crippen molar-refractivity contribution in [2.75, 3.05) is 23.9 Å². The van der Waals surface area contributed by atoms with Gasteiger partial charge in [-0.1, -0.05) is 66.0 Å². The van der Waals surface area contributed by atoms with Crippen LogP contribution in [0.2, 0.25) is 0 Å². The zero-order chi connectivity index (χ0) is 30.7. The van der Waals surface area contributed by atoms with Crippen LogP contribution in [-0.2, 0) is 26.6 Å². The first-order valence-electron chi connectivity index (χ1n) is 15.1. The maximum absolute atomic E-state index is 6.60. The molecule has 0 atom stereocenters. The Morgan fingerprint density at radius 2 is 1.35 bits per heavy atom. The van der Waals surface area contributed by atoms with Crippen molar-refractivity contribution in [3.8, 4) is 17.2 Å². The summed E-state index contributed by atoms with van der Waals surface area (Å²) in [6.07, 6.45) is 4.05. The van der Waals surface area contributed by atoms with Crippen LogP contribution < -0.4 is 14.5 Å². The van der Waals surface area contributed by atoms with Crippen LogP contribution in [-0.4, -0.2) is 28.5 Å². The van der Waals surface area contributed by atoms with Crippen molar-refractivity contribution < 1.29 is 25.8 Å². The largest absolute Gasteiger partial charge is 4.00 e. The summed E-state index contributed by atoms with van der Waals surface area (Å²) in [4.78, 5) is 8.49. The van der Waals surface area contributed by atoms with Gasteiger partial charge in [-0.3, -0.25) is 0 Å². The molecule has 0 saturated heterocycles. The molecule has 0 fully saturated rings. The number of benzene rings is 5. The zero-order valence-corrected chi connectivity index (χ0v) is 28.4. The molecule has 0 spiro atoms. The summed E-state index contributed by atoms with van der Waals surface area (Å²) in [5.41, 5.74) is 7.31. The number of ether oxygens (including phenoxy) is 1. The molecule has 8 rings (SSSR count). The van der Waals surface area contributed by atoms with Crippen LogP contribution >= 0.6 is 0 Å². The van der Waals surface area contributed by atoms with Gasteiger partial charge in [0.2, 0.25) is 0 Å². The maximum atomic E-state index is 6.60. The van der Waals surface area contributed by atoms with E-state index in [9.17, 15) is 0 Å². The van der Waals surface area contributed by atoms with E-state index in [1.165, 1.54) is 16.3 Å². The Labute approximate surface area is 285 Å². The normalized spacial score (nSPS) is 15.8. The molecule has 0 aliphatic carbocycles. The fourth-order valence-corrected chi connectivity index (χ4v) is 6.35. The van der Waals surface area contributed by atoms with E-state index in [2.05, 4.69) is 150 Å². The molecule has 2 aliphatic heterocycles. The Balaban J connectivity index is 0.00000338. The van der Waals surface area contributed by atoms with Gasteiger partial charge in [0.15, 0.2) is 0 Å². The molecule has 0 amide bonds. The molecule has 3 heterocycles. The van der Waals surface area contributed by atoms with E-state index in [1.54, 1.807) is 0 Å². The van der Waals surface area contributed by atoms with Crippen molar-refractivity contribution in [3.05, 3.63) is 147 Å². The molecule has 7 heteroatoms. The van der Waals surface area contributed by atoms with Crippen LogP contribution in [0.5, 0.6) is 11.5 Å². The van der Waals surface area contributed by atoms with Crippen molar-refractivity contribution in [2.45, 2.75) is 19.4 Å². The number of fused-ring (bicyclic) bond motifs is 4. The number of aromatic nitrogens is 1. The van der Waals surface area contributed by atoms with Gasteiger partial charge in [0.25, 0.3) is 0 Å². The van der Waals surface area contributed by atoms with E-state index >= 15 is 0 Å². The Hall–Kier alpha value is -4.51. The first kappa shape index (κ1) is 30.2. The van der Waals surface area contributed by atoms with E-state index in [1.807, 2.05) is 43.1 Å². The van der Waals surface area contributed by atoms with Gasteiger partial charge in [0, 0.05) is 33.5 Å². The monoisotopic (exact) mass is 782 g/mol. The van der Waals surface area contributed by atoms with E-state index in [0.29, 0.717) is 11.5 Å². The van der Waals surface area contributed by atoms with Crippen LogP contribution in [0.15, 0.2) is 116 Å². The number of nitrogens with zero attached hydrogens (tertiary/aromatic N) is 5. The molecule has 0 bridgehead atoms. The molecule has 0 N–H and O–H groups in total. The second-order valence-electron chi connectivity index (χ2n) is 12.1. The fourth-order valence-electron chi connectivity index (χ4n) is 6.35. The van der Waals surface area contributed by atoms with E-state index in [4.69, 9.17) is 4.74 Å². The number of hydrogen-bond acceptors (Lipinski definition) is 5. The van der Waals surface area contributed by atoms with Crippen molar-refractivity contribution in [2.24, 2.45) is 0 Å². The summed E-state index contributed by atoms with van der Waals surface area (Å²) in [6.45, 7) is 8.65. The van der Waals surface area contributed by atoms with Crippen LogP contribution in [0.4, 0.5) is 17.1 Å². The maximum Gasteiger partial charge on any atom is 4.00 e. The van der Waals surface area contributed by atoms with Gasteiger partial charge in [-0.05, 0) is 64.1 Å². The topological polar surface area (TPSA) is 27.1 Å². The minimum absolute atomic E-state index is 0. The molecular formula is C39H33N5OPt. The molecule has 46 heavy (non-hydrogen) atoms. The zero-order valence-electron chi connectivity index (χ0n) is 26.1. The van der Waals surface area contributed by atoms with Gasteiger partial charge in [0.1, 0.15) is 0 Å². The molecule has 230 valence electrons. The van der Waals surface area contributed by atoms with Gasteiger partial charge < -0.3 is 28.9 Å². The van der Waals surface area contributed by atoms with Crippen LogP contribution in [0.3, 0.4) is 0 Å². The van der Waals surface area contributed by atoms with Crippen molar-refractivity contribution in [1.29, 1.82) is 0 Å². The average Bonchev–Trinajstić information content (AvgIpc) is 3.64. The van der Waals surface area contributed by atoms with Crippen LogP contribution in [0.1, 0.15) is 19.4 Å². The second-order valence-corrected chi connectivity index (χ2v) is 12.1. The molecule has 0 saturated carbocycles. The van der Waals surface area contributed by atoms with Gasteiger partial charge >= 0.3 is 21.1 Å². The summed E-state index contributed by atoms with van der Waals surface area (Å²) in [5, 5.41) is 2.43. The third-order valence-corrected chi connectivity index (χ3v) is 8.93. The van der Waals surface area contributed by atoms with E-state index < -0.39 is 0 Å². The average molecular weight is 783 g/mol. The van der Waals surface area contributed by atoms with Crippen molar-refractivity contribution >= 4 is 38.9 Å². The summed E-state index contributed by atoms with van der Waals surface area (Å²) < 4.78 is 8.90. The minimum Gasteiger partial charge on any atom is -0.510 e. The summed E-state index contributed by atoms with van der Waals surface area (Å²) in [7, 11) is 4.13. The third kappa shape index (κ3) is 5.06. The van der Waals surface area contributed by atoms with Crippen molar-refractivity contribution in [3.63, 3.8) is 0 Å². The Morgan fingerprint density at radius 1 is 0.674 bits per heavy atom. The summed E-state index contributed by atoms with van der Waals surface area (Å²) in [5.74, 6) is 1.22. The standard InChI is InChI=1S/C39H33N5O.Pt/c1-39(2)35-16-7-10-19-38(35)43(27-41(39)4)28-12-11-13-31(23-28)45-32-24-29(42-21-20-40(3)26-42)22-30(25-32)44-36-17-8-5-14-33(36)34-15-6-9-18-37(34)44;/h5-22,25-27H,1-4H3;/q-4;+4. The Morgan fingerprint density at radius 3 is 2.07 bits per heavy atom. The fraction of sp³-hybridized carbons (Fsp3) is 0.128. The molecule has 0 radical (unpaired) electrons. The number of anilines is 3. The van der Waals surface area contributed by atoms with Crippen LogP contribution in [0.25, 0.3) is 27.5 Å². The first-order valence-corrected chi connectivity index (χ1v) is 15.1. The first-order chi connectivity index (χ1) is 21.9. The minimum atomic E-state index is -0.130.